The summed E-state index contributed by atoms with van der Waals surface area (Å²) < 4.78 is 14.7. The highest BCUT2D eigenvalue weighted by atomic mass is 35.5. The Morgan fingerprint density at radius 3 is 3.00 bits per heavy atom. The summed E-state index contributed by atoms with van der Waals surface area (Å²) in [5.74, 6) is -0.305. The van der Waals surface area contributed by atoms with Crippen LogP contribution in [0.3, 0.4) is 0 Å². The summed E-state index contributed by atoms with van der Waals surface area (Å²) in [4.78, 5) is 3.72. The third-order valence-electron chi connectivity index (χ3n) is 1.98. The number of nitrogens with zero attached hydrogens (tertiary/aromatic N) is 4. The Morgan fingerprint density at radius 2 is 2.31 bits per heavy atom. The smallest absolute Gasteiger partial charge is 0.247 e. The Bertz CT molecular complexity index is 558. The standard InChI is InChI=1S/C10H6ClFN4/c11-8-1-2-9(12)7(3-8)5-16-6-14-10(4-13)15-16/h1-3,6H,5H2. The van der Waals surface area contributed by atoms with Crippen molar-refractivity contribution in [3.63, 3.8) is 0 Å². The highest BCUT2D eigenvalue weighted by Crippen LogP contribution is 2.15. The van der Waals surface area contributed by atoms with Crippen molar-refractivity contribution in [2.24, 2.45) is 0 Å². The Balaban J connectivity index is 2.27. The highest BCUT2D eigenvalue weighted by Gasteiger charge is 2.05. The van der Waals surface area contributed by atoms with Gasteiger partial charge in [-0.05, 0) is 18.2 Å². The van der Waals surface area contributed by atoms with Crippen molar-refractivity contribution in [2.75, 3.05) is 0 Å². The molecule has 0 amide bonds. The molecule has 0 aliphatic heterocycles. The molecule has 0 saturated heterocycles. The summed E-state index contributed by atoms with van der Waals surface area (Å²) in [6.07, 6.45) is 1.37. The summed E-state index contributed by atoms with van der Waals surface area (Å²) in [6.45, 7) is 0.196. The Labute approximate surface area is 95.9 Å². The van der Waals surface area contributed by atoms with Gasteiger partial charge in [-0.15, -0.1) is 5.10 Å². The maximum absolute atomic E-state index is 13.4. The largest absolute Gasteiger partial charge is 0.252 e. The number of rotatable bonds is 2. The van der Waals surface area contributed by atoms with E-state index in [1.54, 1.807) is 6.07 Å². The first-order valence-corrected chi connectivity index (χ1v) is 4.80. The van der Waals surface area contributed by atoms with Gasteiger partial charge in [0.25, 0.3) is 5.82 Å². The van der Waals surface area contributed by atoms with E-state index in [1.807, 2.05) is 0 Å². The van der Waals surface area contributed by atoms with E-state index in [-0.39, 0.29) is 18.2 Å². The van der Waals surface area contributed by atoms with E-state index < -0.39 is 0 Å². The first kappa shape index (κ1) is 10.6. The monoisotopic (exact) mass is 236 g/mol. The second-order valence-corrected chi connectivity index (χ2v) is 3.55. The molecule has 1 aromatic heterocycles. The fourth-order valence-electron chi connectivity index (χ4n) is 1.26. The predicted octanol–water partition coefficient (Wildman–Crippen LogP) is 1.99. The lowest BCUT2D eigenvalue weighted by Crippen LogP contribution is -2.02. The van der Waals surface area contributed by atoms with Crippen LogP contribution in [-0.2, 0) is 6.54 Å². The van der Waals surface area contributed by atoms with Crippen LogP contribution in [0.4, 0.5) is 4.39 Å². The lowest BCUT2D eigenvalue weighted by atomic mass is 10.2. The van der Waals surface area contributed by atoms with E-state index in [2.05, 4.69) is 10.1 Å². The predicted molar refractivity (Wildman–Crippen MR) is 55.2 cm³/mol. The maximum Gasteiger partial charge on any atom is 0.252 e. The molecule has 80 valence electrons. The van der Waals surface area contributed by atoms with Crippen LogP contribution in [0.2, 0.25) is 5.02 Å². The van der Waals surface area contributed by atoms with Crippen LogP contribution in [-0.4, -0.2) is 14.8 Å². The van der Waals surface area contributed by atoms with Crippen LogP contribution < -0.4 is 0 Å². The number of nitriles is 1. The zero-order valence-electron chi connectivity index (χ0n) is 8.06. The molecule has 6 heteroatoms. The molecule has 2 rings (SSSR count). The number of halogens is 2. The van der Waals surface area contributed by atoms with Gasteiger partial charge in [-0.1, -0.05) is 11.6 Å². The molecule has 1 aromatic carbocycles. The first-order chi connectivity index (χ1) is 7.69. The third-order valence-corrected chi connectivity index (χ3v) is 2.21. The number of hydrogen-bond acceptors (Lipinski definition) is 3. The second kappa shape index (κ2) is 4.29. The average Bonchev–Trinajstić information content (AvgIpc) is 2.71. The zero-order chi connectivity index (χ0) is 11.5. The minimum absolute atomic E-state index is 0.0578. The van der Waals surface area contributed by atoms with Gasteiger partial charge < -0.3 is 0 Å². The van der Waals surface area contributed by atoms with E-state index in [0.717, 1.165) is 0 Å². The van der Waals surface area contributed by atoms with Gasteiger partial charge in [-0.2, -0.15) is 5.26 Å². The van der Waals surface area contributed by atoms with Crippen LogP contribution in [0.25, 0.3) is 0 Å². The van der Waals surface area contributed by atoms with Gasteiger partial charge in [-0.3, -0.25) is 0 Å². The van der Waals surface area contributed by atoms with E-state index in [9.17, 15) is 4.39 Å². The quantitative estimate of drug-likeness (QED) is 0.801. The number of benzene rings is 1. The van der Waals surface area contributed by atoms with Crippen molar-refractivity contribution in [1.82, 2.24) is 14.8 Å². The molecule has 16 heavy (non-hydrogen) atoms. The molecule has 0 radical (unpaired) electrons. The lowest BCUT2D eigenvalue weighted by Gasteiger charge is -2.03. The third kappa shape index (κ3) is 2.18. The van der Waals surface area contributed by atoms with Crippen molar-refractivity contribution in [3.8, 4) is 6.07 Å². The Hall–Kier alpha value is -1.93. The molecule has 0 fully saturated rings. The van der Waals surface area contributed by atoms with Crippen LogP contribution in [0.5, 0.6) is 0 Å². The summed E-state index contributed by atoms with van der Waals surface area (Å²) in [6, 6.07) is 6.08. The van der Waals surface area contributed by atoms with Gasteiger partial charge in [0.05, 0.1) is 6.54 Å². The maximum atomic E-state index is 13.4. The Kier molecular flexibility index (Phi) is 2.84. The van der Waals surface area contributed by atoms with E-state index >= 15 is 0 Å². The van der Waals surface area contributed by atoms with Gasteiger partial charge in [0.15, 0.2) is 0 Å². The molecule has 0 saturated carbocycles. The van der Waals surface area contributed by atoms with E-state index in [1.165, 1.54) is 29.2 Å². The molecule has 2 aromatic rings. The van der Waals surface area contributed by atoms with Crippen LogP contribution in [0.15, 0.2) is 24.5 Å². The molecule has 0 atom stereocenters. The van der Waals surface area contributed by atoms with E-state index in [0.29, 0.717) is 10.6 Å². The summed E-state index contributed by atoms with van der Waals surface area (Å²) in [7, 11) is 0. The van der Waals surface area contributed by atoms with Crippen molar-refractivity contribution in [2.45, 2.75) is 6.54 Å². The molecule has 4 nitrogen and oxygen atoms in total. The van der Waals surface area contributed by atoms with Crippen molar-refractivity contribution < 1.29 is 4.39 Å². The minimum atomic E-state index is -0.363. The van der Waals surface area contributed by atoms with Gasteiger partial charge in [0.2, 0.25) is 0 Å². The highest BCUT2D eigenvalue weighted by molar-refractivity contribution is 6.30. The SMILES string of the molecule is N#Cc1ncn(Cc2cc(Cl)ccc2F)n1. The molecule has 0 aliphatic rings. The zero-order valence-corrected chi connectivity index (χ0v) is 8.82. The normalized spacial score (nSPS) is 10.1. The van der Waals surface area contributed by atoms with Gasteiger partial charge in [0, 0.05) is 10.6 Å². The van der Waals surface area contributed by atoms with Crippen molar-refractivity contribution >= 4 is 11.6 Å². The van der Waals surface area contributed by atoms with Crippen LogP contribution in [0.1, 0.15) is 11.4 Å². The molecular weight excluding hydrogens is 231 g/mol. The molecule has 0 N–H and O–H groups in total. The second-order valence-electron chi connectivity index (χ2n) is 3.11. The van der Waals surface area contributed by atoms with Gasteiger partial charge in [0.1, 0.15) is 18.2 Å². The molecule has 0 spiro atoms. The van der Waals surface area contributed by atoms with Crippen molar-refractivity contribution in [3.05, 3.63) is 46.8 Å². The van der Waals surface area contributed by atoms with Gasteiger partial charge in [-0.25, -0.2) is 14.1 Å². The summed E-state index contributed by atoms with van der Waals surface area (Å²) in [5.41, 5.74) is 0.405. The fraction of sp³-hybridized carbons (Fsp3) is 0.100. The topological polar surface area (TPSA) is 54.5 Å². The Morgan fingerprint density at radius 1 is 1.50 bits per heavy atom. The molecule has 0 unspecified atom stereocenters. The summed E-state index contributed by atoms with van der Waals surface area (Å²) in [5, 5.41) is 12.8. The molecular formula is C10H6ClFN4. The minimum Gasteiger partial charge on any atom is -0.247 e. The molecule has 0 bridgehead atoms. The van der Waals surface area contributed by atoms with Crippen LogP contribution in [0, 0.1) is 17.1 Å². The number of aromatic nitrogens is 3. The molecule has 1 heterocycles. The summed E-state index contributed by atoms with van der Waals surface area (Å²) >= 11 is 5.75. The van der Waals surface area contributed by atoms with Gasteiger partial charge >= 0.3 is 0 Å². The lowest BCUT2D eigenvalue weighted by molar-refractivity contribution is 0.584. The van der Waals surface area contributed by atoms with Crippen LogP contribution >= 0.6 is 11.6 Å². The van der Waals surface area contributed by atoms with Crippen molar-refractivity contribution in [1.29, 1.82) is 5.26 Å². The number of hydrogen-bond donors (Lipinski definition) is 0. The molecule has 0 aliphatic carbocycles. The van der Waals surface area contributed by atoms with E-state index in [4.69, 9.17) is 16.9 Å². The first-order valence-electron chi connectivity index (χ1n) is 4.42. The fourth-order valence-corrected chi connectivity index (χ4v) is 1.46. The average molecular weight is 237 g/mol.